The second-order valence-corrected chi connectivity index (χ2v) is 9.18. The molecule has 0 aromatic heterocycles. The van der Waals surface area contributed by atoms with Crippen molar-refractivity contribution >= 4 is 0 Å². The van der Waals surface area contributed by atoms with Crippen LogP contribution in [-0.4, -0.2) is 12.7 Å². The minimum atomic E-state index is 0.590. The fourth-order valence-electron chi connectivity index (χ4n) is 5.19. The fraction of sp³-hybridized carbons (Fsp3) is 1.00. The minimum Gasteiger partial charge on any atom is -0.378 e. The normalized spacial score (nSPS) is 30.5. The molecule has 0 aliphatic heterocycles. The summed E-state index contributed by atoms with van der Waals surface area (Å²) in [5, 5.41) is 0. The molecule has 1 nitrogen and oxygen atoms in total. The Morgan fingerprint density at radius 1 is 0.560 bits per heavy atom. The zero-order valence-corrected chi connectivity index (χ0v) is 17.4. The van der Waals surface area contributed by atoms with Crippen molar-refractivity contribution in [2.45, 2.75) is 129 Å². The summed E-state index contributed by atoms with van der Waals surface area (Å²) in [5.41, 5.74) is 0. The Labute approximate surface area is 158 Å². The highest BCUT2D eigenvalue weighted by Crippen LogP contribution is 2.34. The molecule has 2 aliphatic rings. The lowest BCUT2D eigenvalue weighted by Gasteiger charge is -2.30. The third-order valence-electron chi connectivity index (χ3n) is 7.05. The molecule has 0 bridgehead atoms. The van der Waals surface area contributed by atoms with Crippen molar-refractivity contribution in [2.24, 2.45) is 17.8 Å². The van der Waals surface area contributed by atoms with Crippen molar-refractivity contribution in [3.05, 3.63) is 0 Å². The molecule has 0 saturated heterocycles. The maximum Gasteiger partial charge on any atom is 0.0575 e. The Bertz CT molecular complexity index is 297. The van der Waals surface area contributed by atoms with Crippen molar-refractivity contribution in [1.29, 1.82) is 0 Å². The lowest BCUT2D eigenvalue weighted by atomic mass is 9.78. The van der Waals surface area contributed by atoms with Crippen LogP contribution in [0.2, 0.25) is 0 Å². The molecule has 0 aromatic rings. The van der Waals surface area contributed by atoms with Gasteiger partial charge in [0.2, 0.25) is 0 Å². The minimum absolute atomic E-state index is 0.590. The molecular weight excluding hydrogens is 304 g/mol. The zero-order valence-electron chi connectivity index (χ0n) is 17.4. The molecule has 1 heteroatoms. The molecule has 2 aliphatic carbocycles. The van der Waals surface area contributed by atoms with Gasteiger partial charge in [-0.05, 0) is 56.3 Å². The van der Waals surface area contributed by atoms with Crippen LogP contribution in [0.1, 0.15) is 123 Å². The summed E-state index contributed by atoms with van der Waals surface area (Å²) in [7, 11) is 0. The highest BCUT2D eigenvalue weighted by Gasteiger charge is 2.22. The van der Waals surface area contributed by atoms with Crippen LogP contribution >= 0.6 is 0 Å². The lowest BCUT2D eigenvalue weighted by Crippen LogP contribution is -2.22. The van der Waals surface area contributed by atoms with Crippen molar-refractivity contribution in [3.63, 3.8) is 0 Å². The van der Waals surface area contributed by atoms with Gasteiger partial charge in [-0.15, -0.1) is 0 Å². The van der Waals surface area contributed by atoms with E-state index in [1.54, 1.807) is 0 Å². The molecule has 25 heavy (non-hydrogen) atoms. The van der Waals surface area contributed by atoms with Crippen LogP contribution in [0.15, 0.2) is 0 Å². The smallest absolute Gasteiger partial charge is 0.0575 e. The van der Waals surface area contributed by atoms with Crippen LogP contribution in [0.3, 0.4) is 0 Å². The predicted molar refractivity (Wildman–Crippen MR) is 110 cm³/mol. The van der Waals surface area contributed by atoms with Gasteiger partial charge in [-0.25, -0.2) is 0 Å². The van der Waals surface area contributed by atoms with Gasteiger partial charge in [-0.1, -0.05) is 84.5 Å². The van der Waals surface area contributed by atoms with Crippen LogP contribution in [-0.2, 0) is 4.74 Å². The van der Waals surface area contributed by atoms with E-state index < -0.39 is 0 Å². The summed E-state index contributed by atoms with van der Waals surface area (Å²) in [5.74, 6) is 3.07. The van der Waals surface area contributed by atoms with E-state index in [9.17, 15) is 0 Å². The summed E-state index contributed by atoms with van der Waals surface area (Å²) in [4.78, 5) is 0. The van der Waals surface area contributed by atoms with Gasteiger partial charge in [0.15, 0.2) is 0 Å². The SMILES string of the molecule is CCCCCC1CCC(OCCCC2CCC(CCCC)CC2)CC1. The average molecular weight is 351 g/mol. The Morgan fingerprint density at radius 3 is 1.60 bits per heavy atom. The molecule has 148 valence electrons. The van der Waals surface area contributed by atoms with Crippen molar-refractivity contribution < 1.29 is 4.74 Å². The van der Waals surface area contributed by atoms with E-state index in [4.69, 9.17) is 4.74 Å². The van der Waals surface area contributed by atoms with Crippen LogP contribution in [0.4, 0.5) is 0 Å². The molecule has 2 fully saturated rings. The number of hydrogen-bond acceptors (Lipinski definition) is 1. The number of ether oxygens (including phenoxy) is 1. The first kappa shape index (κ1) is 21.3. The van der Waals surface area contributed by atoms with E-state index in [0.717, 1.165) is 24.4 Å². The second kappa shape index (κ2) is 13.2. The molecule has 0 heterocycles. The molecule has 0 amide bonds. The first-order chi connectivity index (χ1) is 12.3. The summed E-state index contributed by atoms with van der Waals surface area (Å²) < 4.78 is 6.22. The number of unbranched alkanes of at least 4 members (excludes halogenated alkanes) is 3. The third-order valence-corrected chi connectivity index (χ3v) is 7.05. The predicted octanol–water partition coefficient (Wildman–Crippen LogP) is 7.92. The van der Waals surface area contributed by atoms with Gasteiger partial charge in [0, 0.05) is 6.61 Å². The Hall–Kier alpha value is -0.0400. The lowest BCUT2D eigenvalue weighted by molar-refractivity contribution is 0.0132. The number of hydrogen-bond donors (Lipinski definition) is 0. The maximum atomic E-state index is 6.22. The topological polar surface area (TPSA) is 9.23 Å². The van der Waals surface area contributed by atoms with Gasteiger partial charge in [-0.3, -0.25) is 0 Å². The molecule has 0 atom stereocenters. The van der Waals surface area contributed by atoms with Crippen LogP contribution in [0, 0.1) is 17.8 Å². The van der Waals surface area contributed by atoms with Gasteiger partial charge in [0.25, 0.3) is 0 Å². The van der Waals surface area contributed by atoms with Crippen LogP contribution in [0.5, 0.6) is 0 Å². The Kier molecular flexibility index (Phi) is 11.2. The molecule has 0 spiro atoms. The van der Waals surface area contributed by atoms with Gasteiger partial charge in [-0.2, -0.15) is 0 Å². The van der Waals surface area contributed by atoms with E-state index in [0.29, 0.717) is 6.10 Å². The quantitative estimate of drug-likeness (QED) is 0.325. The summed E-state index contributed by atoms with van der Waals surface area (Å²) in [6.07, 6.45) is 24.9. The first-order valence-corrected chi connectivity index (χ1v) is 11.9. The summed E-state index contributed by atoms with van der Waals surface area (Å²) in [6.45, 7) is 5.66. The van der Waals surface area contributed by atoms with Crippen molar-refractivity contribution in [1.82, 2.24) is 0 Å². The van der Waals surface area contributed by atoms with E-state index in [1.807, 2.05) is 0 Å². The fourth-order valence-corrected chi connectivity index (χ4v) is 5.19. The molecule has 2 rings (SSSR count). The molecule has 0 unspecified atom stereocenters. The van der Waals surface area contributed by atoms with Crippen LogP contribution in [0.25, 0.3) is 0 Å². The molecule has 0 radical (unpaired) electrons. The van der Waals surface area contributed by atoms with E-state index in [1.165, 1.54) is 109 Å². The van der Waals surface area contributed by atoms with Crippen LogP contribution < -0.4 is 0 Å². The largest absolute Gasteiger partial charge is 0.378 e. The maximum absolute atomic E-state index is 6.22. The molecule has 0 aromatic carbocycles. The van der Waals surface area contributed by atoms with Gasteiger partial charge < -0.3 is 4.74 Å². The highest BCUT2D eigenvalue weighted by molar-refractivity contribution is 4.74. The monoisotopic (exact) mass is 350 g/mol. The van der Waals surface area contributed by atoms with Gasteiger partial charge in [0.05, 0.1) is 6.10 Å². The van der Waals surface area contributed by atoms with E-state index >= 15 is 0 Å². The Morgan fingerprint density at radius 2 is 1.04 bits per heavy atom. The van der Waals surface area contributed by atoms with E-state index in [2.05, 4.69) is 13.8 Å². The van der Waals surface area contributed by atoms with Gasteiger partial charge >= 0.3 is 0 Å². The van der Waals surface area contributed by atoms with E-state index in [-0.39, 0.29) is 0 Å². The molecule has 0 N–H and O–H groups in total. The van der Waals surface area contributed by atoms with Gasteiger partial charge in [0.1, 0.15) is 0 Å². The average Bonchev–Trinajstić information content (AvgIpc) is 2.66. The highest BCUT2D eigenvalue weighted by atomic mass is 16.5. The van der Waals surface area contributed by atoms with Crippen molar-refractivity contribution in [2.75, 3.05) is 6.61 Å². The molecular formula is C24H46O. The zero-order chi connectivity index (χ0) is 17.7. The summed E-state index contributed by atoms with van der Waals surface area (Å²) in [6, 6.07) is 0. The number of rotatable bonds is 12. The third kappa shape index (κ3) is 8.94. The second-order valence-electron chi connectivity index (χ2n) is 9.18. The Balaban J connectivity index is 1.44. The first-order valence-electron chi connectivity index (χ1n) is 11.9. The standard InChI is InChI=1S/C24H46O/c1-3-5-7-10-22-16-18-24(19-17-22)25-20-8-11-23-14-12-21(13-15-23)9-6-4-2/h21-24H,3-20H2,1-2H3. The molecule has 2 saturated carbocycles. The summed E-state index contributed by atoms with van der Waals surface area (Å²) >= 11 is 0. The van der Waals surface area contributed by atoms with Crippen molar-refractivity contribution in [3.8, 4) is 0 Å².